The van der Waals surface area contributed by atoms with Gasteiger partial charge >= 0.3 is 0 Å². The lowest BCUT2D eigenvalue weighted by Gasteiger charge is -2.33. The van der Waals surface area contributed by atoms with Crippen molar-refractivity contribution in [2.24, 2.45) is 0 Å². The van der Waals surface area contributed by atoms with Crippen LogP contribution in [0, 0.1) is 0 Å². The average Bonchev–Trinajstić information content (AvgIpc) is 2.40. The van der Waals surface area contributed by atoms with Gasteiger partial charge in [0.15, 0.2) is 0 Å². The van der Waals surface area contributed by atoms with Crippen LogP contribution in [0.4, 0.5) is 5.69 Å². The van der Waals surface area contributed by atoms with Crippen LogP contribution in [-0.4, -0.2) is 48.1 Å². The summed E-state index contributed by atoms with van der Waals surface area (Å²) in [5, 5.41) is 3.17. The fourth-order valence-electron chi connectivity index (χ4n) is 2.10. The van der Waals surface area contributed by atoms with Crippen molar-refractivity contribution in [1.29, 1.82) is 0 Å². The largest absolute Gasteiger partial charge is 0.383 e. The van der Waals surface area contributed by atoms with Gasteiger partial charge in [0.25, 0.3) is 5.91 Å². The van der Waals surface area contributed by atoms with Crippen LogP contribution in [0.3, 0.4) is 0 Å². The molecule has 5 heteroatoms. The van der Waals surface area contributed by atoms with Crippen molar-refractivity contribution >= 4 is 11.6 Å². The molecule has 1 atom stereocenters. The first-order valence-electron chi connectivity index (χ1n) is 6.30. The Balaban J connectivity index is 2.22. The van der Waals surface area contributed by atoms with Crippen molar-refractivity contribution in [3.05, 3.63) is 24.0 Å². The predicted molar refractivity (Wildman–Crippen MR) is 69.7 cm³/mol. The third kappa shape index (κ3) is 2.61. The van der Waals surface area contributed by atoms with Crippen molar-refractivity contribution in [2.75, 3.05) is 31.6 Å². The molecule has 1 fully saturated rings. The first-order valence-corrected chi connectivity index (χ1v) is 6.30. The Hall–Kier alpha value is -1.62. The molecular formula is C13H19N3O2. The van der Waals surface area contributed by atoms with Gasteiger partial charge < -0.3 is 15.0 Å². The Morgan fingerprint density at radius 2 is 2.50 bits per heavy atom. The summed E-state index contributed by atoms with van der Waals surface area (Å²) in [5.41, 5.74) is 1.48. The van der Waals surface area contributed by atoms with Crippen LogP contribution < -0.4 is 5.32 Å². The number of hydrogen-bond donors (Lipinski definition) is 1. The molecule has 5 nitrogen and oxygen atoms in total. The van der Waals surface area contributed by atoms with E-state index in [-0.39, 0.29) is 11.9 Å². The van der Waals surface area contributed by atoms with E-state index in [1.807, 2.05) is 18.7 Å². The quantitative estimate of drug-likeness (QED) is 0.879. The van der Waals surface area contributed by atoms with Crippen molar-refractivity contribution in [3.63, 3.8) is 0 Å². The molecule has 1 aromatic heterocycles. The number of rotatable bonds is 3. The van der Waals surface area contributed by atoms with Gasteiger partial charge in [-0.2, -0.15) is 0 Å². The van der Waals surface area contributed by atoms with Gasteiger partial charge in [-0.25, -0.2) is 0 Å². The fourth-order valence-corrected chi connectivity index (χ4v) is 2.10. The molecule has 2 rings (SSSR count). The fraction of sp³-hybridized carbons (Fsp3) is 0.538. The second kappa shape index (κ2) is 5.82. The number of amides is 1. The summed E-state index contributed by atoms with van der Waals surface area (Å²) in [5.74, 6) is 0.0455. The van der Waals surface area contributed by atoms with Crippen molar-refractivity contribution in [3.8, 4) is 0 Å². The highest BCUT2D eigenvalue weighted by atomic mass is 16.5. The number of aromatic nitrogens is 1. The molecule has 98 valence electrons. The number of hydrogen-bond acceptors (Lipinski definition) is 4. The minimum Gasteiger partial charge on any atom is -0.383 e. The van der Waals surface area contributed by atoms with E-state index in [1.54, 1.807) is 18.5 Å². The summed E-state index contributed by atoms with van der Waals surface area (Å²) < 4.78 is 5.35. The van der Waals surface area contributed by atoms with Crippen LogP contribution in [0.5, 0.6) is 0 Å². The topological polar surface area (TPSA) is 54.5 Å². The lowest BCUT2D eigenvalue weighted by molar-refractivity contribution is 0.00364. The lowest BCUT2D eigenvalue weighted by Crippen LogP contribution is -2.47. The predicted octanol–water partition coefficient (Wildman–Crippen LogP) is 1.37. The molecule has 0 aliphatic carbocycles. The molecule has 1 aliphatic heterocycles. The smallest absolute Gasteiger partial charge is 0.256 e. The molecule has 0 saturated carbocycles. The number of ether oxygens (including phenoxy) is 1. The van der Waals surface area contributed by atoms with E-state index >= 15 is 0 Å². The highest BCUT2D eigenvalue weighted by Crippen LogP contribution is 2.18. The Morgan fingerprint density at radius 1 is 1.67 bits per heavy atom. The summed E-state index contributed by atoms with van der Waals surface area (Å²) in [4.78, 5) is 18.4. The standard InChI is InChI=1S/C13H19N3O2/c1-3-15-12-8-14-5-4-11(12)13(17)16-6-7-18-9-10(16)2/h4-5,8,10,15H,3,6-7,9H2,1-2H3. The number of nitrogens with one attached hydrogen (secondary N) is 1. The summed E-state index contributed by atoms with van der Waals surface area (Å²) >= 11 is 0. The van der Waals surface area contributed by atoms with E-state index in [9.17, 15) is 4.79 Å². The maximum absolute atomic E-state index is 12.5. The van der Waals surface area contributed by atoms with Crippen molar-refractivity contribution < 1.29 is 9.53 Å². The van der Waals surface area contributed by atoms with E-state index in [1.165, 1.54) is 0 Å². The molecule has 18 heavy (non-hydrogen) atoms. The van der Waals surface area contributed by atoms with Gasteiger partial charge in [0, 0.05) is 19.3 Å². The van der Waals surface area contributed by atoms with Crippen molar-refractivity contribution in [1.82, 2.24) is 9.88 Å². The van der Waals surface area contributed by atoms with Crippen LogP contribution in [0.15, 0.2) is 18.5 Å². The summed E-state index contributed by atoms with van der Waals surface area (Å²) in [6, 6.07) is 1.89. The zero-order valence-electron chi connectivity index (χ0n) is 10.8. The van der Waals surface area contributed by atoms with Crippen LogP contribution in [0.1, 0.15) is 24.2 Å². The van der Waals surface area contributed by atoms with E-state index in [0.717, 1.165) is 12.2 Å². The summed E-state index contributed by atoms with van der Waals surface area (Å²) in [6.45, 7) is 6.63. The number of carbonyl (C=O) groups is 1. The molecule has 0 spiro atoms. The second-order valence-electron chi connectivity index (χ2n) is 4.37. The molecule has 1 aliphatic rings. The van der Waals surface area contributed by atoms with Gasteiger partial charge in [-0.3, -0.25) is 9.78 Å². The Kier molecular flexibility index (Phi) is 4.15. The zero-order valence-corrected chi connectivity index (χ0v) is 10.8. The molecule has 1 aromatic rings. The average molecular weight is 249 g/mol. The van der Waals surface area contributed by atoms with E-state index < -0.39 is 0 Å². The van der Waals surface area contributed by atoms with Gasteiger partial charge in [-0.05, 0) is 19.9 Å². The number of morpholine rings is 1. The van der Waals surface area contributed by atoms with Crippen LogP contribution in [-0.2, 0) is 4.74 Å². The number of carbonyl (C=O) groups excluding carboxylic acids is 1. The van der Waals surface area contributed by atoms with Gasteiger partial charge in [0.1, 0.15) is 0 Å². The van der Waals surface area contributed by atoms with Crippen LogP contribution >= 0.6 is 0 Å². The number of pyridine rings is 1. The first kappa shape index (κ1) is 12.8. The van der Waals surface area contributed by atoms with Gasteiger partial charge in [0.05, 0.1) is 36.7 Å². The van der Waals surface area contributed by atoms with Gasteiger partial charge in [0.2, 0.25) is 0 Å². The molecule has 1 unspecified atom stereocenters. The molecule has 1 saturated heterocycles. The SMILES string of the molecule is CCNc1cnccc1C(=O)N1CCOCC1C. The molecule has 0 aromatic carbocycles. The maximum Gasteiger partial charge on any atom is 0.256 e. The number of anilines is 1. The number of nitrogens with zero attached hydrogens (tertiary/aromatic N) is 2. The Labute approximate surface area is 107 Å². The van der Waals surface area contributed by atoms with Crippen LogP contribution in [0.25, 0.3) is 0 Å². The third-order valence-electron chi connectivity index (χ3n) is 3.05. The molecule has 1 N–H and O–H groups in total. The van der Waals surface area contributed by atoms with Gasteiger partial charge in [-0.1, -0.05) is 0 Å². The minimum atomic E-state index is 0.0455. The molecule has 2 heterocycles. The Morgan fingerprint density at radius 3 is 3.22 bits per heavy atom. The first-order chi connectivity index (χ1) is 8.74. The molecule has 1 amide bonds. The normalized spacial score (nSPS) is 19.7. The van der Waals surface area contributed by atoms with Crippen LogP contribution in [0.2, 0.25) is 0 Å². The van der Waals surface area contributed by atoms with E-state index in [2.05, 4.69) is 10.3 Å². The highest BCUT2D eigenvalue weighted by molar-refractivity contribution is 5.99. The summed E-state index contributed by atoms with van der Waals surface area (Å²) in [7, 11) is 0. The molecule has 0 bridgehead atoms. The summed E-state index contributed by atoms with van der Waals surface area (Å²) in [6.07, 6.45) is 3.35. The Bertz CT molecular complexity index is 422. The monoisotopic (exact) mass is 249 g/mol. The molecule has 0 radical (unpaired) electrons. The maximum atomic E-state index is 12.5. The lowest BCUT2D eigenvalue weighted by atomic mass is 10.1. The van der Waals surface area contributed by atoms with Crippen molar-refractivity contribution in [2.45, 2.75) is 19.9 Å². The second-order valence-corrected chi connectivity index (χ2v) is 4.37. The third-order valence-corrected chi connectivity index (χ3v) is 3.05. The van der Waals surface area contributed by atoms with Gasteiger partial charge in [-0.15, -0.1) is 0 Å². The zero-order chi connectivity index (χ0) is 13.0. The minimum absolute atomic E-state index is 0.0455. The van der Waals surface area contributed by atoms with E-state index in [0.29, 0.717) is 25.3 Å². The molecular weight excluding hydrogens is 230 g/mol. The van der Waals surface area contributed by atoms with E-state index in [4.69, 9.17) is 4.74 Å². The highest BCUT2D eigenvalue weighted by Gasteiger charge is 2.26.